The summed E-state index contributed by atoms with van der Waals surface area (Å²) in [4.78, 5) is 23.7. The van der Waals surface area contributed by atoms with Gasteiger partial charge in [-0.3, -0.25) is 0 Å². The van der Waals surface area contributed by atoms with Gasteiger partial charge in [-0.15, -0.1) is 0 Å². The van der Waals surface area contributed by atoms with Crippen LogP contribution >= 0.6 is 0 Å². The zero-order chi connectivity index (χ0) is 24.5. The number of fused-ring (bicyclic) bond motifs is 1. The number of amides is 2. The maximum Gasteiger partial charge on any atom is 0.419 e. The maximum absolute atomic E-state index is 14.0. The average Bonchev–Trinajstić information content (AvgIpc) is 3.20. The highest BCUT2D eigenvalue weighted by Gasteiger charge is 2.34. The van der Waals surface area contributed by atoms with Gasteiger partial charge in [0.05, 0.1) is 29.9 Å². The number of aromatic nitrogens is 2. The van der Waals surface area contributed by atoms with E-state index >= 15 is 0 Å². The lowest BCUT2D eigenvalue weighted by atomic mass is 10.0. The van der Waals surface area contributed by atoms with Gasteiger partial charge in [-0.25, -0.2) is 19.2 Å². The van der Waals surface area contributed by atoms with Crippen molar-refractivity contribution in [2.45, 2.75) is 70.3 Å². The number of nitrogens with one attached hydrogen (secondary N) is 1. The molecule has 6 nitrogen and oxygen atoms in total. The molecule has 4 rings (SSSR count). The predicted octanol–water partition coefficient (Wildman–Crippen LogP) is 4.56. The first-order valence-corrected chi connectivity index (χ1v) is 11.6. The van der Waals surface area contributed by atoms with Crippen LogP contribution in [0.5, 0.6) is 0 Å². The second kappa shape index (κ2) is 9.85. The van der Waals surface area contributed by atoms with Crippen molar-refractivity contribution in [2.24, 2.45) is 5.92 Å². The van der Waals surface area contributed by atoms with Crippen molar-refractivity contribution < 1.29 is 27.5 Å². The number of urea groups is 1. The summed E-state index contributed by atoms with van der Waals surface area (Å²) < 4.78 is 52.6. The minimum atomic E-state index is -4.77. The molecule has 10 heteroatoms. The Bertz CT molecular complexity index is 1050. The Balaban J connectivity index is 1.42. The van der Waals surface area contributed by atoms with Crippen LogP contribution in [0.25, 0.3) is 0 Å². The number of hydrogen-bond donors (Lipinski definition) is 2. The maximum atomic E-state index is 14.0. The van der Waals surface area contributed by atoms with Gasteiger partial charge in [0, 0.05) is 19.2 Å². The van der Waals surface area contributed by atoms with Crippen LogP contribution in [-0.2, 0) is 25.6 Å². The van der Waals surface area contributed by atoms with Gasteiger partial charge in [-0.1, -0.05) is 13.0 Å². The Hall–Kier alpha value is -2.75. The molecule has 184 valence electrons. The summed E-state index contributed by atoms with van der Waals surface area (Å²) in [5.41, 5.74) is 0.712. The van der Waals surface area contributed by atoms with Gasteiger partial charge in [0.15, 0.2) is 0 Å². The average molecular weight is 481 g/mol. The zero-order valence-electron chi connectivity index (χ0n) is 18.9. The van der Waals surface area contributed by atoms with Crippen LogP contribution in [0.1, 0.15) is 66.9 Å². The molecule has 2 heterocycles. The Labute approximate surface area is 195 Å². The van der Waals surface area contributed by atoms with Gasteiger partial charge >= 0.3 is 12.2 Å². The number of carbonyl (C=O) groups is 1. The third kappa shape index (κ3) is 5.48. The number of rotatable bonds is 5. The molecule has 1 aromatic heterocycles. The van der Waals surface area contributed by atoms with E-state index in [-0.39, 0.29) is 17.7 Å². The van der Waals surface area contributed by atoms with Crippen LogP contribution < -0.4 is 5.32 Å². The van der Waals surface area contributed by atoms with E-state index in [1.54, 1.807) is 18.0 Å². The summed E-state index contributed by atoms with van der Waals surface area (Å²) in [7, 11) is 0. The second-order valence-corrected chi connectivity index (χ2v) is 9.11. The Kier molecular flexibility index (Phi) is 7.06. The van der Waals surface area contributed by atoms with Gasteiger partial charge in [0.1, 0.15) is 11.6 Å². The third-order valence-electron chi connectivity index (χ3n) is 6.67. The van der Waals surface area contributed by atoms with Crippen LogP contribution in [-0.4, -0.2) is 38.7 Å². The lowest BCUT2D eigenvalue weighted by Gasteiger charge is -2.30. The molecule has 0 saturated heterocycles. The van der Waals surface area contributed by atoms with Crippen LogP contribution in [0.2, 0.25) is 0 Å². The molecule has 1 aliphatic carbocycles. The normalized spacial score (nSPS) is 21.3. The fourth-order valence-corrected chi connectivity index (χ4v) is 4.75. The third-order valence-corrected chi connectivity index (χ3v) is 6.67. The molecule has 3 atom stereocenters. The van der Waals surface area contributed by atoms with Gasteiger partial charge in [0.2, 0.25) is 0 Å². The van der Waals surface area contributed by atoms with E-state index in [0.29, 0.717) is 50.2 Å². The minimum absolute atomic E-state index is 0.258. The smallest absolute Gasteiger partial charge is 0.393 e. The number of nitrogens with zero attached hydrogens (tertiary/aromatic N) is 3. The summed E-state index contributed by atoms with van der Waals surface area (Å²) in [6.45, 7) is 2.52. The quantitative estimate of drug-likeness (QED) is 0.616. The minimum Gasteiger partial charge on any atom is -0.393 e. The van der Waals surface area contributed by atoms with Crippen LogP contribution in [0.15, 0.2) is 24.4 Å². The number of hydrogen-bond acceptors (Lipinski definition) is 4. The number of aliphatic hydroxyl groups excluding tert-OH is 1. The monoisotopic (exact) mass is 480 g/mol. The highest BCUT2D eigenvalue weighted by Crippen LogP contribution is 2.33. The summed E-state index contributed by atoms with van der Waals surface area (Å²) in [6.07, 6.45) is 0.935. The van der Waals surface area contributed by atoms with Gasteiger partial charge < -0.3 is 15.3 Å². The molecule has 1 saturated carbocycles. The standard InChI is InChI=1S/C24H28F4N4O2/c1-2-20(15-4-6-18(19(25)11-15)24(26,27)28)31-23(34)32-8-7-16-12-29-22(30-21(16)13-32)10-14-3-5-17(33)9-14/h4,6,11-12,14,17,20,33H,2-3,5,7-10,13H2,1H3,(H,31,34)/t14-,17-,20+/m0/s1. The molecule has 0 spiro atoms. The van der Waals surface area contributed by atoms with Gasteiger partial charge in [-0.2, -0.15) is 13.2 Å². The topological polar surface area (TPSA) is 78.4 Å². The highest BCUT2D eigenvalue weighted by atomic mass is 19.4. The first-order chi connectivity index (χ1) is 16.1. The molecule has 2 amide bonds. The molecule has 0 radical (unpaired) electrons. The molecule has 2 aliphatic rings. The van der Waals surface area contributed by atoms with E-state index in [0.717, 1.165) is 36.6 Å². The second-order valence-electron chi connectivity index (χ2n) is 9.11. The first-order valence-electron chi connectivity index (χ1n) is 11.6. The van der Waals surface area contributed by atoms with E-state index in [2.05, 4.69) is 15.3 Å². The van der Waals surface area contributed by atoms with E-state index in [9.17, 15) is 27.5 Å². The van der Waals surface area contributed by atoms with Gasteiger partial charge in [-0.05, 0) is 61.3 Å². The van der Waals surface area contributed by atoms with Crippen molar-refractivity contribution in [3.8, 4) is 0 Å². The molecule has 34 heavy (non-hydrogen) atoms. The fraction of sp³-hybridized carbons (Fsp3) is 0.542. The molecule has 2 N–H and O–H groups in total. The molecular weight excluding hydrogens is 452 g/mol. The van der Waals surface area contributed by atoms with Crippen molar-refractivity contribution in [1.82, 2.24) is 20.2 Å². The molecule has 2 aromatic rings. The largest absolute Gasteiger partial charge is 0.419 e. The molecule has 1 fully saturated rings. The molecule has 1 aliphatic heterocycles. The van der Waals surface area contributed by atoms with Crippen molar-refractivity contribution >= 4 is 6.03 Å². The number of halogens is 4. The van der Waals surface area contributed by atoms with E-state index in [4.69, 9.17) is 0 Å². The number of carbonyl (C=O) groups excluding carboxylic acids is 1. The Morgan fingerprint density at radius 3 is 2.76 bits per heavy atom. The first kappa shape index (κ1) is 24.4. The Morgan fingerprint density at radius 2 is 2.12 bits per heavy atom. The SMILES string of the molecule is CC[C@@H](NC(=O)N1CCc2cnc(C[C@H]3CC[C@H](O)C3)nc2C1)c1ccc(C(F)(F)F)c(F)c1. The van der Waals surface area contributed by atoms with Gasteiger partial charge in [0.25, 0.3) is 0 Å². The number of aliphatic hydroxyl groups is 1. The lowest BCUT2D eigenvalue weighted by molar-refractivity contribution is -0.140. The van der Waals surface area contributed by atoms with Crippen molar-refractivity contribution in [3.63, 3.8) is 0 Å². The fourth-order valence-electron chi connectivity index (χ4n) is 4.75. The van der Waals surface area contributed by atoms with Crippen molar-refractivity contribution in [2.75, 3.05) is 6.54 Å². The van der Waals surface area contributed by atoms with Crippen LogP contribution in [0.3, 0.4) is 0 Å². The number of alkyl halides is 3. The molecular formula is C24H28F4N4O2. The van der Waals surface area contributed by atoms with E-state index < -0.39 is 23.6 Å². The van der Waals surface area contributed by atoms with Crippen molar-refractivity contribution in [1.29, 1.82) is 0 Å². The van der Waals surface area contributed by atoms with E-state index in [1.165, 1.54) is 6.07 Å². The molecule has 0 bridgehead atoms. The van der Waals surface area contributed by atoms with Crippen LogP contribution in [0.4, 0.5) is 22.4 Å². The molecule has 0 unspecified atom stereocenters. The number of benzene rings is 1. The summed E-state index contributed by atoms with van der Waals surface area (Å²) in [5, 5.41) is 12.6. The van der Waals surface area contributed by atoms with Crippen LogP contribution in [0, 0.1) is 11.7 Å². The summed E-state index contributed by atoms with van der Waals surface area (Å²) in [6, 6.07) is 1.74. The highest BCUT2D eigenvalue weighted by molar-refractivity contribution is 5.75. The summed E-state index contributed by atoms with van der Waals surface area (Å²) >= 11 is 0. The molecule has 1 aromatic carbocycles. The Morgan fingerprint density at radius 1 is 1.32 bits per heavy atom. The van der Waals surface area contributed by atoms with Crippen molar-refractivity contribution in [3.05, 3.63) is 58.4 Å². The van der Waals surface area contributed by atoms with E-state index in [1.807, 2.05) is 0 Å². The predicted molar refractivity (Wildman–Crippen MR) is 116 cm³/mol. The lowest BCUT2D eigenvalue weighted by Crippen LogP contribution is -2.44. The summed E-state index contributed by atoms with van der Waals surface area (Å²) in [5.74, 6) is -0.305. The zero-order valence-corrected chi connectivity index (χ0v) is 18.9.